The first-order valence-electron chi connectivity index (χ1n) is 2.55. The third kappa shape index (κ3) is 1.06. The van der Waals surface area contributed by atoms with Crippen LogP contribution in [0.2, 0.25) is 0 Å². The smallest absolute Gasteiger partial charge is 0.323 e. The fourth-order valence-electron chi connectivity index (χ4n) is 0.568. The average molecular weight is 148 g/mol. The fourth-order valence-corrected chi connectivity index (χ4v) is 0.568. The highest BCUT2D eigenvalue weighted by atomic mass is 19.1. The maximum Gasteiger partial charge on any atom is 0.323 e. The van der Waals surface area contributed by atoms with Crippen molar-refractivity contribution in [3.8, 4) is 0 Å². The second kappa shape index (κ2) is 2.22. The Morgan fingerprint density at radius 3 is 2.60 bits per heavy atom. The summed E-state index contributed by atoms with van der Waals surface area (Å²) in [5.41, 5.74) is 0. The summed E-state index contributed by atoms with van der Waals surface area (Å²) in [7, 11) is 0. The standard InChI is InChI=1S/C4H5FN2O3/c5-1-2(8)6-4(10)7-3(1)9/h1-2,8H,(H2,6,7,9,10)/t1-,2+/m1/s1. The van der Waals surface area contributed by atoms with Crippen molar-refractivity contribution in [2.45, 2.75) is 12.4 Å². The normalized spacial score (nSPS) is 33.0. The van der Waals surface area contributed by atoms with Gasteiger partial charge in [0, 0.05) is 0 Å². The van der Waals surface area contributed by atoms with Crippen molar-refractivity contribution in [3.05, 3.63) is 0 Å². The monoisotopic (exact) mass is 148 g/mol. The number of alkyl halides is 1. The lowest BCUT2D eigenvalue weighted by Crippen LogP contribution is -2.59. The zero-order chi connectivity index (χ0) is 7.72. The number of hydrogen-bond acceptors (Lipinski definition) is 3. The van der Waals surface area contributed by atoms with E-state index >= 15 is 0 Å². The van der Waals surface area contributed by atoms with E-state index in [1.165, 1.54) is 0 Å². The Balaban J connectivity index is 2.66. The van der Waals surface area contributed by atoms with Crippen LogP contribution < -0.4 is 10.6 Å². The zero-order valence-corrected chi connectivity index (χ0v) is 4.80. The third-order valence-electron chi connectivity index (χ3n) is 1.04. The molecule has 1 aliphatic heterocycles. The molecule has 0 unspecified atom stereocenters. The van der Waals surface area contributed by atoms with Gasteiger partial charge in [-0.25, -0.2) is 9.18 Å². The van der Waals surface area contributed by atoms with Crippen LogP contribution in [0.5, 0.6) is 0 Å². The maximum absolute atomic E-state index is 12.3. The molecule has 6 heteroatoms. The Bertz CT molecular complexity index is 183. The number of amides is 3. The molecule has 10 heavy (non-hydrogen) atoms. The number of urea groups is 1. The minimum absolute atomic E-state index is 0.883. The van der Waals surface area contributed by atoms with E-state index in [1.54, 1.807) is 10.6 Å². The summed E-state index contributed by atoms with van der Waals surface area (Å²) in [5.74, 6) is -1.11. The van der Waals surface area contributed by atoms with E-state index in [0.29, 0.717) is 0 Å². The van der Waals surface area contributed by atoms with Crippen LogP contribution in [0.1, 0.15) is 0 Å². The maximum atomic E-state index is 12.3. The van der Waals surface area contributed by atoms with E-state index in [2.05, 4.69) is 0 Å². The van der Waals surface area contributed by atoms with Crippen molar-refractivity contribution in [1.29, 1.82) is 0 Å². The number of hydrogen-bond donors (Lipinski definition) is 3. The van der Waals surface area contributed by atoms with E-state index in [-0.39, 0.29) is 0 Å². The first-order valence-corrected chi connectivity index (χ1v) is 2.55. The molecule has 3 N–H and O–H groups in total. The Kier molecular flexibility index (Phi) is 1.54. The first kappa shape index (κ1) is 6.94. The summed E-state index contributed by atoms with van der Waals surface area (Å²) in [6.07, 6.45) is -3.79. The van der Waals surface area contributed by atoms with Crippen LogP contribution in [0.3, 0.4) is 0 Å². The molecular formula is C4H5FN2O3. The number of carbonyl (C=O) groups is 2. The van der Waals surface area contributed by atoms with Crippen molar-refractivity contribution >= 4 is 11.9 Å². The second-order valence-electron chi connectivity index (χ2n) is 1.81. The van der Waals surface area contributed by atoms with E-state index in [4.69, 9.17) is 5.11 Å². The molecule has 1 rings (SSSR count). The minimum Gasteiger partial charge on any atom is -0.370 e. The van der Waals surface area contributed by atoms with Crippen LogP contribution in [-0.4, -0.2) is 29.4 Å². The number of aliphatic hydroxyl groups is 1. The van der Waals surface area contributed by atoms with Gasteiger partial charge in [-0.05, 0) is 0 Å². The summed E-state index contributed by atoms with van der Waals surface area (Å²) in [6.45, 7) is 0. The highest BCUT2D eigenvalue weighted by Crippen LogP contribution is 2.00. The molecule has 1 saturated heterocycles. The Hall–Kier alpha value is -1.17. The molecule has 0 radical (unpaired) electrons. The first-order chi connectivity index (χ1) is 4.61. The van der Waals surface area contributed by atoms with Gasteiger partial charge in [0.15, 0.2) is 6.23 Å². The van der Waals surface area contributed by atoms with Crippen LogP contribution in [0.25, 0.3) is 0 Å². The van der Waals surface area contributed by atoms with E-state index in [0.717, 1.165) is 0 Å². The van der Waals surface area contributed by atoms with Crippen molar-refractivity contribution < 1.29 is 19.1 Å². The molecule has 0 bridgehead atoms. The lowest BCUT2D eigenvalue weighted by molar-refractivity contribution is -0.131. The van der Waals surface area contributed by atoms with Crippen LogP contribution in [0, 0.1) is 0 Å². The number of aliphatic hydroxyl groups excluding tert-OH is 1. The van der Waals surface area contributed by atoms with Crippen molar-refractivity contribution in [1.82, 2.24) is 10.6 Å². The van der Waals surface area contributed by atoms with Gasteiger partial charge in [-0.15, -0.1) is 0 Å². The summed E-state index contributed by atoms with van der Waals surface area (Å²) < 4.78 is 12.3. The molecule has 2 atom stereocenters. The van der Waals surface area contributed by atoms with Gasteiger partial charge in [0.2, 0.25) is 6.17 Å². The predicted molar refractivity (Wildman–Crippen MR) is 27.6 cm³/mol. The summed E-state index contributed by atoms with van der Waals surface area (Å²) in [4.78, 5) is 20.6. The fraction of sp³-hybridized carbons (Fsp3) is 0.500. The Morgan fingerprint density at radius 1 is 1.50 bits per heavy atom. The van der Waals surface area contributed by atoms with Gasteiger partial charge >= 0.3 is 6.03 Å². The molecule has 3 amide bonds. The Labute approximate surface area is 55.2 Å². The average Bonchev–Trinajstić information content (AvgIpc) is 1.82. The van der Waals surface area contributed by atoms with Gasteiger partial charge in [-0.2, -0.15) is 0 Å². The summed E-state index contributed by atoms with van der Waals surface area (Å²) >= 11 is 0. The molecule has 5 nitrogen and oxygen atoms in total. The van der Waals surface area contributed by atoms with E-state index in [9.17, 15) is 14.0 Å². The van der Waals surface area contributed by atoms with Crippen LogP contribution >= 0.6 is 0 Å². The molecule has 0 aliphatic carbocycles. The topological polar surface area (TPSA) is 78.4 Å². The largest absolute Gasteiger partial charge is 0.370 e. The Morgan fingerprint density at radius 2 is 2.10 bits per heavy atom. The molecule has 0 aromatic rings. The molecule has 0 saturated carbocycles. The number of imide groups is 1. The highest BCUT2D eigenvalue weighted by Gasteiger charge is 2.33. The van der Waals surface area contributed by atoms with Crippen LogP contribution in [0.15, 0.2) is 0 Å². The van der Waals surface area contributed by atoms with Gasteiger partial charge in [-0.1, -0.05) is 0 Å². The van der Waals surface area contributed by atoms with E-state index in [1.807, 2.05) is 0 Å². The molecule has 0 aromatic carbocycles. The quantitative estimate of drug-likeness (QED) is 0.390. The zero-order valence-electron chi connectivity index (χ0n) is 4.80. The summed E-state index contributed by atoms with van der Waals surface area (Å²) in [6, 6.07) is -0.883. The second-order valence-corrected chi connectivity index (χ2v) is 1.81. The number of halogens is 1. The third-order valence-corrected chi connectivity index (χ3v) is 1.04. The number of carbonyl (C=O) groups excluding carboxylic acids is 2. The highest BCUT2D eigenvalue weighted by molar-refractivity contribution is 5.99. The van der Waals surface area contributed by atoms with E-state index < -0.39 is 24.3 Å². The minimum atomic E-state index is -2.07. The van der Waals surface area contributed by atoms with Crippen LogP contribution in [-0.2, 0) is 4.79 Å². The lowest BCUT2D eigenvalue weighted by atomic mass is 10.3. The van der Waals surface area contributed by atoms with Gasteiger partial charge in [0.05, 0.1) is 0 Å². The molecular weight excluding hydrogens is 143 g/mol. The molecule has 56 valence electrons. The lowest BCUT2D eigenvalue weighted by Gasteiger charge is -2.21. The van der Waals surface area contributed by atoms with Gasteiger partial charge in [0.25, 0.3) is 5.91 Å². The van der Waals surface area contributed by atoms with Crippen LogP contribution in [0.4, 0.5) is 9.18 Å². The van der Waals surface area contributed by atoms with Gasteiger partial charge in [0.1, 0.15) is 0 Å². The number of nitrogens with one attached hydrogen (secondary N) is 2. The van der Waals surface area contributed by atoms with Crippen molar-refractivity contribution in [2.75, 3.05) is 0 Å². The number of rotatable bonds is 0. The summed E-state index contributed by atoms with van der Waals surface area (Å²) in [5, 5.41) is 12.0. The van der Waals surface area contributed by atoms with Crippen molar-refractivity contribution in [2.24, 2.45) is 0 Å². The molecule has 1 heterocycles. The SMILES string of the molecule is O=C1NC(=O)[C@H](F)[C@H](O)N1. The molecule has 0 spiro atoms. The molecule has 1 aliphatic rings. The molecule has 0 aromatic heterocycles. The van der Waals surface area contributed by atoms with Gasteiger partial charge < -0.3 is 10.4 Å². The van der Waals surface area contributed by atoms with Gasteiger partial charge in [-0.3, -0.25) is 10.1 Å². The molecule has 1 fully saturated rings. The predicted octanol–water partition coefficient (Wildman–Crippen LogP) is -1.52. The van der Waals surface area contributed by atoms with Crippen molar-refractivity contribution in [3.63, 3.8) is 0 Å².